The molecule has 15 heavy (non-hydrogen) atoms. The number of methoxy groups -OCH3 is 1. The predicted octanol–water partition coefficient (Wildman–Crippen LogP) is 1.85. The number of ketones is 1. The highest BCUT2D eigenvalue weighted by atomic mass is 16.5. The molecule has 2 unspecified atom stereocenters. The first-order valence-electron chi connectivity index (χ1n) is 5.89. The second-order valence-electron chi connectivity index (χ2n) is 4.57. The average molecular weight is 213 g/mol. The maximum absolute atomic E-state index is 11.1. The Labute approximate surface area is 92.8 Å². The fourth-order valence-electron chi connectivity index (χ4n) is 2.44. The Bertz CT molecular complexity index is 206. The molecular formula is C12H23NO2. The van der Waals surface area contributed by atoms with Crippen molar-refractivity contribution in [2.45, 2.75) is 51.6 Å². The van der Waals surface area contributed by atoms with Gasteiger partial charge in [0, 0.05) is 32.2 Å². The predicted molar refractivity (Wildman–Crippen MR) is 61.0 cm³/mol. The van der Waals surface area contributed by atoms with Gasteiger partial charge in [0.1, 0.15) is 5.78 Å². The molecule has 0 N–H and O–H groups in total. The Morgan fingerprint density at radius 3 is 2.93 bits per heavy atom. The molecule has 0 aromatic heterocycles. The number of ether oxygens (including phenoxy) is 1. The van der Waals surface area contributed by atoms with Gasteiger partial charge in [-0.3, -0.25) is 9.69 Å². The van der Waals surface area contributed by atoms with Crippen molar-refractivity contribution in [2.24, 2.45) is 0 Å². The maximum Gasteiger partial charge on any atom is 0.131 e. The summed E-state index contributed by atoms with van der Waals surface area (Å²) < 4.78 is 5.09. The van der Waals surface area contributed by atoms with Gasteiger partial charge in [-0.25, -0.2) is 0 Å². The summed E-state index contributed by atoms with van der Waals surface area (Å²) in [7, 11) is 1.74. The van der Waals surface area contributed by atoms with Gasteiger partial charge < -0.3 is 4.74 Å². The third-order valence-corrected chi connectivity index (χ3v) is 3.25. The fraction of sp³-hybridized carbons (Fsp3) is 0.917. The van der Waals surface area contributed by atoms with Gasteiger partial charge in [-0.1, -0.05) is 0 Å². The van der Waals surface area contributed by atoms with Gasteiger partial charge in [0.2, 0.25) is 0 Å². The number of rotatable bonds is 6. The highest BCUT2D eigenvalue weighted by molar-refractivity contribution is 5.76. The number of likely N-dealkylation sites (tertiary alicyclic amines) is 1. The van der Waals surface area contributed by atoms with Crippen LogP contribution in [0.2, 0.25) is 0 Å². The summed E-state index contributed by atoms with van der Waals surface area (Å²) in [5, 5.41) is 0. The van der Waals surface area contributed by atoms with Gasteiger partial charge in [0.25, 0.3) is 0 Å². The second kappa shape index (κ2) is 6.23. The summed E-state index contributed by atoms with van der Waals surface area (Å²) in [6.07, 6.45) is 4.19. The van der Waals surface area contributed by atoms with Crippen LogP contribution >= 0.6 is 0 Å². The molecule has 1 saturated heterocycles. The molecule has 3 nitrogen and oxygen atoms in total. The minimum atomic E-state index is 0.311. The van der Waals surface area contributed by atoms with Crippen molar-refractivity contribution in [1.82, 2.24) is 4.90 Å². The summed E-state index contributed by atoms with van der Waals surface area (Å²) in [4.78, 5) is 13.6. The summed E-state index contributed by atoms with van der Waals surface area (Å²) in [6.45, 7) is 5.88. The molecule has 88 valence electrons. The van der Waals surface area contributed by atoms with E-state index in [9.17, 15) is 4.79 Å². The van der Waals surface area contributed by atoms with Crippen molar-refractivity contribution in [1.29, 1.82) is 0 Å². The smallest absolute Gasteiger partial charge is 0.131 e. The van der Waals surface area contributed by atoms with E-state index in [4.69, 9.17) is 4.74 Å². The summed E-state index contributed by atoms with van der Waals surface area (Å²) in [5.41, 5.74) is 0. The zero-order valence-electron chi connectivity index (χ0n) is 10.2. The molecule has 0 aromatic rings. The minimum Gasteiger partial charge on any atom is -0.385 e. The summed E-state index contributed by atoms with van der Waals surface area (Å²) in [6, 6.07) is 1.02. The quantitative estimate of drug-likeness (QED) is 0.674. The molecule has 0 spiro atoms. The second-order valence-corrected chi connectivity index (χ2v) is 4.57. The van der Waals surface area contributed by atoms with Crippen molar-refractivity contribution in [2.75, 3.05) is 20.3 Å². The van der Waals surface area contributed by atoms with Crippen LogP contribution < -0.4 is 0 Å². The van der Waals surface area contributed by atoms with Crippen LogP contribution in [0.25, 0.3) is 0 Å². The van der Waals surface area contributed by atoms with E-state index in [1.54, 1.807) is 14.0 Å². The largest absolute Gasteiger partial charge is 0.385 e. The molecule has 0 radical (unpaired) electrons. The lowest BCUT2D eigenvalue weighted by Gasteiger charge is -2.30. The van der Waals surface area contributed by atoms with Crippen LogP contribution in [0, 0.1) is 0 Å². The van der Waals surface area contributed by atoms with E-state index < -0.39 is 0 Å². The highest BCUT2D eigenvalue weighted by Gasteiger charge is 2.28. The molecule has 1 aliphatic heterocycles. The van der Waals surface area contributed by atoms with Gasteiger partial charge in [0.05, 0.1) is 0 Å². The fourth-order valence-corrected chi connectivity index (χ4v) is 2.44. The number of carbonyl (C=O) groups is 1. The van der Waals surface area contributed by atoms with Gasteiger partial charge in [-0.05, 0) is 39.7 Å². The molecular weight excluding hydrogens is 190 g/mol. The Morgan fingerprint density at radius 1 is 1.60 bits per heavy atom. The van der Waals surface area contributed by atoms with Crippen LogP contribution in [0.1, 0.15) is 39.5 Å². The van der Waals surface area contributed by atoms with E-state index in [-0.39, 0.29) is 0 Å². The Morgan fingerprint density at radius 2 is 2.33 bits per heavy atom. The molecule has 1 rings (SSSR count). The SMILES string of the molecule is COCCC(C)N1CCCC1CC(C)=O. The lowest BCUT2D eigenvalue weighted by atomic mass is 10.1. The Kier molecular flexibility index (Phi) is 5.26. The van der Waals surface area contributed by atoms with Crippen molar-refractivity contribution < 1.29 is 9.53 Å². The molecule has 0 aliphatic carbocycles. The standard InChI is InChI=1S/C12H23NO2/c1-10(6-8-15-3)13-7-4-5-12(13)9-11(2)14/h10,12H,4-9H2,1-3H3. The van der Waals surface area contributed by atoms with Gasteiger partial charge in [0.15, 0.2) is 0 Å². The number of nitrogens with zero attached hydrogens (tertiary/aromatic N) is 1. The third kappa shape index (κ3) is 3.92. The van der Waals surface area contributed by atoms with Crippen LogP contribution in [-0.2, 0) is 9.53 Å². The van der Waals surface area contributed by atoms with Crippen molar-refractivity contribution >= 4 is 5.78 Å². The van der Waals surface area contributed by atoms with E-state index >= 15 is 0 Å². The molecule has 1 heterocycles. The van der Waals surface area contributed by atoms with Gasteiger partial charge in [-0.15, -0.1) is 0 Å². The maximum atomic E-state index is 11.1. The molecule has 0 bridgehead atoms. The van der Waals surface area contributed by atoms with E-state index in [2.05, 4.69) is 11.8 Å². The number of Topliss-reactive ketones (excluding diaryl/α,β-unsaturated/α-hetero) is 1. The van der Waals surface area contributed by atoms with Gasteiger partial charge >= 0.3 is 0 Å². The lowest BCUT2D eigenvalue weighted by Crippen LogP contribution is -2.38. The molecule has 1 aliphatic rings. The van der Waals surface area contributed by atoms with E-state index in [1.165, 1.54) is 12.8 Å². The average Bonchev–Trinajstić information content (AvgIpc) is 2.61. The Balaban J connectivity index is 2.40. The van der Waals surface area contributed by atoms with Crippen molar-refractivity contribution in [3.8, 4) is 0 Å². The molecule has 0 amide bonds. The first-order chi connectivity index (χ1) is 7.15. The summed E-state index contributed by atoms with van der Waals surface area (Å²) >= 11 is 0. The number of hydrogen-bond donors (Lipinski definition) is 0. The zero-order valence-corrected chi connectivity index (χ0v) is 10.2. The number of hydrogen-bond acceptors (Lipinski definition) is 3. The molecule has 0 saturated carbocycles. The number of carbonyl (C=O) groups excluding carboxylic acids is 1. The lowest BCUT2D eigenvalue weighted by molar-refractivity contribution is -0.118. The van der Waals surface area contributed by atoms with Crippen molar-refractivity contribution in [3.05, 3.63) is 0 Å². The van der Waals surface area contributed by atoms with E-state index in [1.807, 2.05) is 0 Å². The van der Waals surface area contributed by atoms with Crippen LogP contribution in [0.3, 0.4) is 0 Å². The zero-order chi connectivity index (χ0) is 11.3. The summed E-state index contributed by atoms with van der Waals surface area (Å²) in [5.74, 6) is 0.311. The first kappa shape index (κ1) is 12.7. The van der Waals surface area contributed by atoms with E-state index in [0.717, 1.165) is 26.0 Å². The monoisotopic (exact) mass is 213 g/mol. The van der Waals surface area contributed by atoms with Crippen LogP contribution in [-0.4, -0.2) is 43.0 Å². The third-order valence-electron chi connectivity index (χ3n) is 3.25. The highest BCUT2D eigenvalue weighted by Crippen LogP contribution is 2.23. The van der Waals surface area contributed by atoms with Crippen LogP contribution in [0.15, 0.2) is 0 Å². The molecule has 3 heteroatoms. The minimum absolute atomic E-state index is 0.311. The first-order valence-corrected chi connectivity index (χ1v) is 5.89. The topological polar surface area (TPSA) is 29.5 Å². The molecule has 0 aromatic carbocycles. The molecule has 2 atom stereocenters. The van der Waals surface area contributed by atoms with Crippen molar-refractivity contribution in [3.63, 3.8) is 0 Å². The normalized spacial score (nSPS) is 24.3. The molecule has 1 fully saturated rings. The van der Waals surface area contributed by atoms with Crippen LogP contribution in [0.5, 0.6) is 0 Å². The van der Waals surface area contributed by atoms with Crippen LogP contribution in [0.4, 0.5) is 0 Å². The Hall–Kier alpha value is -0.410. The van der Waals surface area contributed by atoms with E-state index in [0.29, 0.717) is 17.9 Å². The van der Waals surface area contributed by atoms with Gasteiger partial charge in [-0.2, -0.15) is 0 Å².